The minimum Gasteiger partial charge on any atom is -0.507 e. The van der Waals surface area contributed by atoms with E-state index in [2.05, 4.69) is 11.7 Å². The van der Waals surface area contributed by atoms with Gasteiger partial charge in [0.2, 0.25) is 0 Å². The Bertz CT molecular complexity index is 780. The lowest BCUT2D eigenvalue weighted by Gasteiger charge is -2.25. The summed E-state index contributed by atoms with van der Waals surface area (Å²) in [4.78, 5) is 11.7. The van der Waals surface area contributed by atoms with Crippen LogP contribution in [0.15, 0.2) is 24.3 Å². The van der Waals surface area contributed by atoms with Crippen LogP contribution in [0.3, 0.4) is 0 Å². The van der Waals surface area contributed by atoms with Gasteiger partial charge in [0.15, 0.2) is 0 Å². The zero-order chi connectivity index (χ0) is 15.4. The molecule has 2 aliphatic carbocycles. The Balaban J connectivity index is 2.03. The maximum absolute atomic E-state index is 11.7. The van der Waals surface area contributed by atoms with Crippen molar-refractivity contribution in [1.82, 2.24) is 0 Å². The predicted octanol–water partition coefficient (Wildman–Crippen LogP) is 4.30. The van der Waals surface area contributed by atoms with Crippen LogP contribution in [0.1, 0.15) is 42.7 Å². The number of fused-ring (bicyclic) bond motifs is 6. The van der Waals surface area contributed by atoms with Gasteiger partial charge >= 0.3 is 6.16 Å². The van der Waals surface area contributed by atoms with Crippen molar-refractivity contribution in [2.45, 2.75) is 31.6 Å². The second-order valence-corrected chi connectivity index (χ2v) is 6.36. The summed E-state index contributed by atoms with van der Waals surface area (Å²) in [6.45, 7) is 2.23. The van der Waals surface area contributed by atoms with Gasteiger partial charge in [0.05, 0.1) is 7.11 Å². The number of carbonyl (C=O) groups is 1. The fourth-order valence-electron chi connectivity index (χ4n) is 4.33. The lowest BCUT2D eigenvalue weighted by Crippen LogP contribution is -2.13. The number of aromatic hydroxyl groups is 1. The first kappa shape index (κ1) is 13.4. The molecule has 4 heteroatoms. The molecule has 3 atom stereocenters. The van der Waals surface area contributed by atoms with Gasteiger partial charge in [-0.15, -0.1) is 0 Å². The number of phenolic OH excluding ortho intramolecular Hbond substituents is 1. The molecule has 0 saturated heterocycles. The van der Waals surface area contributed by atoms with Crippen molar-refractivity contribution in [3.8, 4) is 11.5 Å². The van der Waals surface area contributed by atoms with Crippen molar-refractivity contribution in [2.24, 2.45) is 5.92 Å². The Labute approximate surface area is 128 Å². The summed E-state index contributed by atoms with van der Waals surface area (Å²) in [5.41, 5.74) is 1.98. The molecule has 2 aromatic carbocycles. The largest absolute Gasteiger partial charge is 0.513 e. The number of carbonyl (C=O) groups excluding carboxylic acids is 1. The van der Waals surface area contributed by atoms with Gasteiger partial charge in [0, 0.05) is 21.9 Å². The van der Waals surface area contributed by atoms with Crippen LogP contribution >= 0.6 is 0 Å². The van der Waals surface area contributed by atoms with Crippen LogP contribution in [0, 0.1) is 5.92 Å². The van der Waals surface area contributed by atoms with E-state index in [1.54, 1.807) is 0 Å². The van der Waals surface area contributed by atoms with Crippen LogP contribution in [0.5, 0.6) is 11.5 Å². The average molecular weight is 298 g/mol. The van der Waals surface area contributed by atoms with Crippen LogP contribution in [0.2, 0.25) is 0 Å². The molecule has 0 aromatic heterocycles. The third-order valence-corrected chi connectivity index (χ3v) is 5.23. The first-order valence-electron chi connectivity index (χ1n) is 7.65. The second kappa shape index (κ2) is 4.63. The van der Waals surface area contributed by atoms with Crippen molar-refractivity contribution in [2.75, 3.05) is 7.11 Å². The van der Waals surface area contributed by atoms with E-state index in [9.17, 15) is 9.90 Å². The van der Waals surface area contributed by atoms with Gasteiger partial charge in [-0.1, -0.05) is 31.2 Å². The van der Waals surface area contributed by atoms with E-state index in [1.807, 2.05) is 24.3 Å². The van der Waals surface area contributed by atoms with Crippen molar-refractivity contribution < 1.29 is 19.4 Å². The maximum Gasteiger partial charge on any atom is 0.513 e. The van der Waals surface area contributed by atoms with Gasteiger partial charge in [0.25, 0.3) is 0 Å². The van der Waals surface area contributed by atoms with Crippen LogP contribution < -0.4 is 4.74 Å². The summed E-state index contributed by atoms with van der Waals surface area (Å²) in [5.74, 6) is 2.17. The van der Waals surface area contributed by atoms with Gasteiger partial charge in [-0.2, -0.15) is 0 Å². The Kier molecular flexibility index (Phi) is 2.83. The molecule has 4 nitrogen and oxygen atoms in total. The van der Waals surface area contributed by atoms with E-state index in [0.717, 1.165) is 34.7 Å². The van der Waals surface area contributed by atoms with Crippen LogP contribution in [0.25, 0.3) is 10.8 Å². The van der Waals surface area contributed by atoms with Crippen molar-refractivity contribution in [3.63, 3.8) is 0 Å². The molecule has 4 rings (SSSR count). The summed E-state index contributed by atoms with van der Waals surface area (Å²) >= 11 is 0. The maximum atomic E-state index is 11.7. The molecule has 0 amide bonds. The molecule has 22 heavy (non-hydrogen) atoms. The minimum absolute atomic E-state index is 0.349. The molecule has 0 heterocycles. The third kappa shape index (κ3) is 1.67. The molecule has 0 spiro atoms. The molecule has 1 fully saturated rings. The Morgan fingerprint density at radius 2 is 1.91 bits per heavy atom. The number of hydrogen-bond donors (Lipinski definition) is 1. The van der Waals surface area contributed by atoms with E-state index in [1.165, 1.54) is 7.11 Å². The average Bonchev–Trinajstić information content (AvgIpc) is 3.08. The van der Waals surface area contributed by atoms with Crippen molar-refractivity contribution in [1.29, 1.82) is 0 Å². The van der Waals surface area contributed by atoms with Gasteiger partial charge in [-0.3, -0.25) is 0 Å². The van der Waals surface area contributed by atoms with Gasteiger partial charge in [-0.05, 0) is 30.6 Å². The first-order chi connectivity index (χ1) is 10.6. The fourth-order valence-corrected chi connectivity index (χ4v) is 4.33. The lowest BCUT2D eigenvalue weighted by molar-refractivity contribution is 0.121. The molecule has 114 valence electrons. The highest BCUT2D eigenvalue weighted by atomic mass is 16.7. The van der Waals surface area contributed by atoms with Crippen molar-refractivity contribution >= 4 is 16.9 Å². The summed E-state index contributed by atoms with van der Waals surface area (Å²) in [7, 11) is 1.30. The number of methoxy groups -OCH3 is 1. The predicted molar refractivity (Wildman–Crippen MR) is 82.5 cm³/mol. The number of hydrogen-bond acceptors (Lipinski definition) is 4. The highest BCUT2D eigenvalue weighted by Crippen LogP contribution is 2.62. The normalized spacial score (nSPS) is 25.3. The van der Waals surface area contributed by atoms with E-state index in [4.69, 9.17) is 4.74 Å². The fraction of sp³-hybridized carbons (Fsp3) is 0.389. The molecule has 1 N–H and O–H groups in total. The minimum atomic E-state index is -0.714. The quantitative estimate of drug-likeness (QED) is 0.630. The molecule has 0 aliphatic heterocycles. The number of benzene rings is 2. The smallest absolute Gasteiger partial charge is 0.507 e. The second-order valence-electron chi connectivity index (χ2n) is 6.36. The molecular formula is C18H18O4. The summed E-state index contributed by atoms with van der Waals surface area (Å²) in [6, 6.07) is 7.51. The molecule has 2 bridgehead atoms. The topological polar surface area (TPSA) is 55.8 Å². The molecular weight excluding hydrogens is 280 g/mol. The van der Waals surface area contributed by atoms with Crippen molar-refractivity contribution in [3.05, 3.63) is 35.4 Å². The number of ether oxygens (including phenoxy) is 2. The zero-order valence-corrected chi connectivity index (χ0v) is 12.6. The summed E-state index contributed by atoms with van der Waals surface area (Å²) < 4.78 is 10.2. The molecule has 1 saturated carbocycles. The summed E-state index contributed by atoms with van der Waals surface area (Å²) in [6.07, 6.45) is 1.39. The Hall–Kier alpha value is -2.23. The molecule has 2 aromatic rings. The van der Waals surface area contributed by atoms with Gasteiger partial charge in [0.1, 0.15) is 11.5 Å². The SMILES string of the molecule is COC(=O)Oc1c2c(c(O)c3ccccc13)C1CC2CC1C. The molecule has 2 aliphatic rings. The van der Waals surface area contributed by atoms with Gasteiger partial charge in [-0.25, -0.2) is 4.79 Å². The first-order valence-corrected chi connectivity index (χ1v) is 7.65. The van der Waals surface area contributed by atoms with E-state index >= 15 is 0 Å². The van der Waals surface area contributed by atoms with Gasteiger partial charge < -0.3 is 14.6 Å². The lowest BCUT2D eigenvalue weighted by atomic mass is 9.82. The van der Waals surface area contributed by atoms with E-state index in [-0.39, 0.29) is 0 Å². The Morgan fingerprint density at radius 1 is 1.18 bits per heavy atom. The van der Waals surface area contributed by atoms with Crippen LogP contribution in [-0.2, 0) is 4.74 Å². The highest BCUT2D eigenvalue weighted by Gasteiger charge is 2.46. The standard InChI is InChI=1S/C18H18O4/c1-9-7-10-8-13(9)15-14(10)17(22-18(20)21-2)12-6-4-3-5-11(12)16(15)19/h3-6,9-10,13,19H,7-8H2,1-2H3. The monoisotopic (exact) mass is 298 g/mol. The van der Waals surface area contributed by atoms with E-state index < -0.39 is 6.16 Å². The van der Waals surface area contributed by atoms with Crippen LogP contribution in [0.4, 0.5) is 4.79 Å². The molecule has 3 unspecified atom stereocenters. The summed E-state index contributed by atoms with van der Waals surface area (Å²) in [5, 5.41) is 12.3. The number of phenols is 1. The van der Waals surface area contributed by atoms with E-state index in [0.29, 0.717) is 29.3 Å². The number of rotatable bonds is 1. The zero-order valence-electron chi connectivity index (χ0n) is 12.6. The van der Waals surface area contributed by atoms with Crippen LogP contribution in [-0.4, -0.2) is 18.4 Å². The highest BCUT2D eigenvalue weighted by molar-refractivity contribution is 5.97. The third-order valence-electron chi connectivity index (χ3n) is 5.23. The Morgan fingerprint density at radius 3 is 2.64 bits per heavy atom. The molecule has 0 radical (unpaired) electrons.